The van der Waals surface area contributed by atoms with Crippen LogP contribution in [0.25, 0.3) is 0 Å². The van der Waals surface area contributed by atoms with Gasteiger partial charge in [0.1, 0.15) is 0 Å². The highest BCUT2D eigenvalue weighted by molar-refractivity contribution is 7.85. The minimum Gasteiger partial charge on any atom is -0.607 e. The summed E-state index contributed by atoms with van der Waals surface area (Å²) in [4.78, 5) is 0. The van der Waals surface area contributed by atoms with Crippen LogP contribution in [0.3, 0.4) is 0 Å². The molecule has 0 saturated carbocycles. The summed E-state index contributed by atoms with van der Waals surface area (Å²) in [5, 5.41) is 0. The summed E-state index contributed by atoms with van der Waals surface area (Å²) in [6.45, 7) is 0. The monoisotopic (exact) mass is 108 g/mol. The Morgan fingerprint density at radius 2 is 2.25 bits per heavy atom. The van der Waals surface area contributed by atoms with Gasteiger partial charge in [0, 0.05) is 0 Å². The first kappa shape index (κ1) is 4.45. The maximum absolute atomic E-state index is 4.58. The van der Waals surface area contributed by atoms with E-state index in [1.807, 2.05) is 0 Å². The third kappa shape index (κ3) is 2.45. The smallest absolute Gasteiger partial charge is 0.280 e. The minimum absolute atomic E-state index is 0.0725. The lowest BCUT2D eigenvalue weighted by Gasteiger charge is -1.72. The van der Waals surface area contributed by atoms with Crippen molar-refractivity contribution in [1.82, 2.24) is 0 Å². The van der Waals surface area contributed by atoms with Gasteiger partial charge in [0.25, 0.3) is 8.47 Å². The van der Waals surface area contributed by atoms with Gasteiger partial charge in [-0.15, -0.1) is 0 Å². The maximum atomic E-state index is 4.58. The normalized spacial score (nSPS) is 6.00. The molecule has 0 aliphatic carbocycles. The van der Waals surface area contributed by atoms with E-state index in [1.165, 1.54) is 0 Å². The van der Waals surface area contributed by atoms with Crippen molar-refractivity contribution in [1.29, 1.82) is 0 Å². The number of hydrogen-bond donors (Lipinski definition) is 0. The highest BCUT2D eigenvalue weighted by atomic mass is 32.2. The molecule has 0 aliphatic heterocycles. The Morgan fingerprint density at radius 1 is 2.00 bits per heavy atom. The standard InChI is InChI=1S/H4OSSi2/c2-4-1-3/h4H,3H3. The van der Waals surface area contributed by atoms with Crippen LogP contribution >= 0.6 is 11.6 Å². The molecule has 0 spiro atoms. The van der Waals surface area contributed by atoms with Crippen molar-refractivity contribution < 1.29 is 4.12 Å². The molecular weight excluding hydrogens is 104 g/mol. The van der Waals surface area contributed by atoms with Crippen molar-refractivity contribution in [2.45, 2.75) is 0 Å². The number of hydrogen-bond acceptors (Lipinski definition) is 2. The third-order valence-corrected chi connectivity index (χ3v) is 2.60. The highest BCUT2D eigenvalue weighted by Crippen LogP contribution is 1.40. The van der Waals surface area contributed by atoms with E-state index in [9.17, 15) is 0 Å². The van der Waals surface area contributed by atoms with Crippen molar-refractivity contribution in [2.24, 2.45) is 0 Å². The van der Waals surface area contributed by atoms with Gasteiger partial charge < -0.3 is 4.12 Å². The predicted molar refractivity (Wildman–Crippen MR) is 25.8 cm³/mol. The van der Waals surface area contributed by atoms with E-state index in [1.54, 1.807) is 0 Å². The third-order valence-electron chi connectivity index (χ3n) is 0.0962. The van der Waals surface area contributed by atoms with Crippen molar-refractivity contribution in [2.75, 3.05) is 0 Å². The zero-order chi connectivity index (χ0) is 3.41. The van der Waals surface area contributed by atoms with Crippen LogP contribution in [0.4, 0.5) is 0 Å². The second-order valence-electron chi connectivity index (χ2n) is 0.332. The first-order valence-corrected chi connectivity index (χ1v) is 4.05. The Kier molecular flexibility index (Phi) is 3.85. The average molecular weight is 108 g/mol. The van der Waals surface area contributed by atoms with Crippen LogP contribution in [0, 0.1) is 0 Å². The van der Waals surface area contributed by atoms with Gasteiger partial charge in [0.05, 0.1) is 0 Å². The minimum atomic E-state index is -0.0725. The molecule has 0 radical (unpaired) electrons. The molecule has 0 rings (SSSR count). The van der Waals surface area contributed by atoms with Gasteiger partial charge in [0.2, 0.25) is 0 Å². The lowest BCUT2D eigenvalue weighted by molar-refractivity contribution is 0.687. The molecular formula is H4OSSi2. The molecule has 0 aromatic carbocycles. The van der Waals surface area contributed by atoms with Crippen LogP contribution in [-0.4, -0.2) is 19.0 Å². The molecule has 0 aromatic heterocycles. The van der Waals surface area contributed by atoms with E-state index < -0.39 is 0 Å². The fourth-order valence-electron chi connectivity index (χ4n) is 0. The molecule has 0 aromatic rings. The first-order chi connectivity index (χ1) is 1.91. The fourth-order valence-corrected chi connectivity index (χ4v) is 0. The second-order valence-corrected chi connectivity index (χ2v) is 2.99. The Morgan fingerprint density at radius 3 is 2.25 bits per heavy atom. The second kappa shape index (κ2) is 3.45. The molecule has 0 N–H and O–H groups in total. The summed E-state index contributed by atoms with van der Waals surface area (Å²) in [5.74, 6) is 0. The summed E-state index contributed by atoms with van der Waals surface area (Å²) in [6, 6.07) is 0. The van der Waals surface area contributed by atoms with Crippen LogP contribution in [0.15, 0.2) is 0 Å². The fraction of sp³-hybridized carbons (Fsp3) is 0. The summed E-state index contributed by atoms with van der Waals surface area (Å²) in [5.41, 5.74) is 0. The van der Waals surface area contributed by atoms with Crippen LogP contribution in [0.1, 0.15) is 0 Å². The van der Waals surface area contributed by atoms with Gasteiger partial charge in [-0.3, -0.25) is 0 Å². The van der Waals surface area contributed by atoms with Crippen molar-refractivity contribution in [3.63, 3.8) is 0 Å². The first-order valence-electron chi connectivity index (χ1n) is 0.880. The van der Waals surface area contributed by atoms with Crippen LogP contribution < -0.4 is 0 Å². The molecule has 24 valence electrons. The molecule has 0 atom stereocenters. The van der Waals surface area contributed by atoms with E-state index in [0.717, 1.165) is 10.5 Å². The Bertz CT molecular complexity index is 20.0. The van der Waals surface area contributed by atoms with Gasteiger partial charge in [-0.25, -0.2) is 0 Å². The molecule has 4 heavy (non-hydrogen) atoms. The molecule has 0 fully saturated rings. The van der Waals surface area contributed by atoms with Gasteiger partial charge in [-0.05, 0) is 0 Å². The SMILES string of the molecule is [SiH3]O[SiH]=S. The molecule has 0 saturated heterocycles. The van der Waals surface area contributed by atoms with Crippen molar-refractivity contribution >= 4 is 30.6 Å². The van der Waals surface area contributed by atoms with Crippen LogP contribution in [-0.2, 0) is 4.12 Å². The summed E-state index contributed by atoms with van der Waals surface area (Å²) >= 11 is 4.45. The Hall–Kier alpha value is 0.454. The largest absolute Gasteiger partial charge is 0.607 e. The molecule has 4 heteroatoms. The van der Waals surface area contributed by atoms with Gasteiger partial charge in [0.15, 0.2) is 10.5 Å². The van der Waals surface area contributed by atoms with Gasteiger partial charge in [-0.1, -0.05) is 11.6 Å². The molecule has 0 amide bonds. The van der Waals surface area contributed by atoms with E-state index in [0.29, 0.717) is 0 Å². The van der Waals surface area contributed by atoms with E-state index >= 15 is 0 Å². The summed E-state index contributed by atoms with van der Waals surface area (Å²) in [6.07, 6.45) is 0. The molecule has 1 nitrogen and oxygen atoms in total. The highest BCUT2D eigenvalue weighted by Gasteiger charge is 1.43. The zero-order valence-corrected chi connectivity index (χ0v) is 6.37. The molecule has 0 unspecified atom stereocenters. The van der Waals surface area contributed by atoms with Crippen LogP contribution in [0.2, 0.25) is 0 Å². The zero-order valence-electron chi connectivity index (χ0n) is 2.39. The van der Waals surface area contributed by atoms with E-state index in [4.69, 9.17) is 0 Å². The van der Waals surface area contributed by atoms with E-state index in [-0.39, 0.29) is 8.47 Å². The lowest BCUT2D eigenvalue weighted by atomic mass is 15.8. The Balaban J connectivity index is 2.30. The van der Waals surface area contributed by atoms with Gasteiger partial charge in [-0.2, -0.15) is 0 Å². The molecule has 0 heterocycles. The average Bonchev–Trinajstić information content (AvgIpc) is 1.37. The molecule has 0 bridgehead atoms. The summed E-state index contributed by atoms with van der Waals surface area (Å²) in [7, 11) is 0.750. The molecule has 0 aliphatic rings. The van der Waals surface area contributed by atoms with Crippen LogP contribution in [0.5, 0.6) is 0 Å². The quantitative estimate of drug-likeness (QED) is 0.388. The Labute approximate surface area is 35.4 Å². The maximum Gasteiger partial charge on any atom is 0.280 e. The summed E-state index contributed by atoms with van der Waals surface area (Å²) < 4.78 is 4.58. The van der Waals surface area contributed by atoms with E-state index in [2.05, 4.69) is 15.7 Å². The van der Waals surface area contributed by atoms with Crippen molar-refractivity contribution in [3.8, 4) is 0 Å². The van der Waals surface area contributed by atoms with Crippen molar-refractivity contribution in [3.05, 3.63) is 0 Å². The number of rotatable bonds is 1. The topological polar surface area (TPSA) is 9.23 Å². The predicted octanol–water partition coefficient (Wildman–Crippen LogP) is -1.25. The van der Waals surface area contributed by atoms with Gasteiger partial charge >= 0.3 is 0 Å². The lowest BCUT2D eigenvalue weighted by Crippen LogP contribution is -1.71.